The first-order valence-electron chi connectivity index (χ1n) is 15.4. The van der Waals surface area contributed by atoms with E-state index in [1.807, 2.05) is 95.3 Å². The van der Waals surface area contributed by atoms with E-state index in [2.05, 4.69) is 10.6 Å². The van der Waals surface area contributed by atoms with Gasteiger partial charge >= 0.3 is 6.09 Å². The molecule has 1 saturated carbocycles. The number of hydrogen-bond acceptors (Lipinski definition) is 5. The van der Waals surface area contributed by atoms with Gasteiger partial charge < -0.3 is 20.3 Å². The molecule has 3 aromatic rings. The second-order valence-corrected chi connectivity index (χ2v) is 13.5. The molecule has 2 aromatic carbocycles. The third kappa shape index (κ3) is 8.68. The Bertz CT molecular complexity index is 1450. The number of aromatic nitrogens is 1. The van der Waals surface area contributed by atoms with Crippen LogP contribution in [0.3, 0.4) is 0 Å². The molecule has 1 aliphatic carbocycles. The fourth-order valence-corrected chi connectivity index (χ4v) is 5.73. The minimum Gasteiger partial charge on any atom is -0.444 e. The molecule has 1 fully saturated rings. The van der Waals surface area contributed by atoms with Crippen molar-refractivity contribution >= 4 is 23.6 Å². The lowest BCUT2D eigenvalue weighted by Gasteiger charge is -2.29. The molecule has 1 aromatic heterocycles. The number of carbonyl (C=O) groups excluding carboxylic acids is 3. The van der Waals surface area contributed by atoms with Crippen LogP contribution in [0.1, 0.15) is 72.3 Å². The number of anilines is 1. The van der Waals surface area contributed by atoms with E-state index in [1.54, 1.807) is 25.2 Å². The van der Waals surface area contributed by atoms with Crippen LogP contribution in [0.5, 0.6) is 0 Å². The number of ether oxygens (including phenoxy) is 1. The summed E-state index contributed by atoms with van der Waals surface area (Å²) >= 11 is 0. The van der Waals surface area contributed by atoms with E-state index < -0.39 is 17.2 Å². The van der Waals surface area contributed by atoms with Crippen molar-refractivity contribution < 1.29 is 19.1 Å². The van der Waals surface area contributed by atoms with E-state index in [9.17, 15) is 14.4 Å². The van der Waals surface area contributed by atoms with Gasteiger partial charge in [-0.2, -0.15) is 0 Å². The summed E-state index contributed by atoms with van der Waals surface area (Å²) in [6.45, 7) is 9.39. The molecule has 3 amide bonds. The van der Waals surface area contributed by atoms with Crippen molar-refractivity contribution in [2.75, 3.05) is 19.4 Å². The van der Waals surface area contributed by atoms with Crippen LogP contribution in [0.4, 0.5) is 10.5 Å². The summed E-state index contributed by atoms with van der Waals surface area (Å²) in [5.74, 6) is 0.485. The number of pyridine rings is 1. The minimum atomic E-state index is -0.647. The Labute approximate surface area is 261 Å². The first-order chi connectivity index (χ1) is 20.7. The van der Waals surface area contributed by atoms with Crippen molar-refractivity contribution in [3.8, 4) is 22.4 Å². The molecule has 4 rings (SSSR count). The Hall–Kier alpha value is -4.20. The Kier molecular flexibility index (Phi) is 10.1. The predicted octanol–water partition coefficient (Wildman–Crippen LogP) is 7.40. The Morgan fingerprint density at radius 2 is 1.52 bits per heavy atom. The van der Waals surface area contributed by atoms with Crippen LogP contribution in [0, 0.1) is 11.8 Å². The van der Waals surface area contributed by atoms with Gasteiger partial charge in [0.15, 0.2) is 0 Å². The lowest BCUT2D eigenvalue weighted by molar-refractivity contribution is -0.134. The van der Waals surface area contributed by atoms with Crippen molar-refractivity contribution in [2.24, 2.45) is 11.8 Å². The lowest BCUT2D eigenvalue weighted by atomic mass is 9.80. The summed E-state index contributed by atoms with van der Waals surface area (Å²) in [4.78, 5) is 44.2. The third-order valence-corrected chi connectivity index (χ3v) is 8.06. The zero-order chi connectivity index (χ0) is 32.1. The quantitative estimate of drug-likeness (QED) is 0.281. The fraction of sp³-hybridized carbons (Fsp3) is 0.444. The highest BCUT2D eigenvalue weighted by molar-refractivity contribution is 5.93. The van der Waals surface area contributed by atoms with Crippen molar-refractivity contribution in [1.29, 1.82) is 0 Å². The highest BCUT2D eigenvalue weighted by atomic mass is 16.6. The van der Waals surface area contributed by atoms with E-state index in [0.29, 0.717) is 12.1 Å². The van der Waals surface area contributed by atoms with Crippen LogP contribution in [0.25, 0.3) is 22.4 Å². The highest BCUT2D eigenvalue weighted by Gasteiger charge is 2.29. The molecule has 1 heterocycles. The van der Waals surface area contributed by atoms with Gasteiger partial charge in [0, 0.05) is 37.6 Å². The number of nitrogens with one attached hydrogen (secondary N) is 2. The average molecular weight is 599 g/mol. The van der Waals surface area contributed by atoms with Crippen LogP contribution in [-0.2, 0) is 19.9 Å². The molecule has 0 aliphatic heterocycles. The number of rotatable bonds is 8. The van der Waals surface area contributed by atoms with Gasteiger partial charge in [-0.05, 0) is 83.4 Å². The number of amides is 3. The van der Waals surface area contributed by atoms with Crippen LogP contribution >= 0.6 is 0 Å². The molecule has 0 bridgehead atoms. The SMILES string of the molecule is CN(C)C(=O)C1CCC(CC(=O)Nc2cnc(-c3ccc(C(C)(C)NC(=O)OC(C)(C)C)cc3)c(-c3ccccc3)c2)CC1. The average Bonchev–Trinajstić information content (AvgIpc) is 2.96. The molecule has 8 nitrogen and oxygen atoms in total. The fourth-order valence-electron chi connectivity index (χ4n) is 5.73. The van der Waals surface area contributed by atoms with Gasteiger partial charge in [-0.1, -0.05) is 54.6 Å². The summed E-state index contributed by atoms with van der Waals surface area (Å²) in [6.07, 6.45) is 5.08. The maximum Gasteiger partial charge on any atom is 0.408 e. The van der Waals surface area contributed by atoms with Crippen LogP contribution in [-0.4, -0.2) is 47.5 Å². The van der Waals surface area contributed by atoms with E-state index in [0.717, 1.165) is 53.6 Å². The molecular weight excluding hydrogens is 552 g/mol. The van der Waals surface area contributed by atoms with Crippen LogP contribution < -0.4 is 10.6 Å². The van der Waals surface area contributed by atoms with Gasteiger partial charge in [0.05, 0.1) is 23.1 Å². The van der Waals surface area contributed by atoms with E-state index in [4.69, 9.17) is 9.72 Å². The Morgan fingerprint density at radius 1 is 0.886 bits per heavy atom. The summed E-state index contributed by atoms with van der Waals surface area (Å²) in [7, 11) is 3.60. The number of carbonyl (C=O) groups is 3. The highest BCUT2D eigenvalue weighted by Crippen LogP contribution is 2.35. The van der Waals surface area contributed by atoms with Gasteiger partial charge in [0.25, 0.3) is 0 Å². The Morgan fingerprint density at radius 3 is 2.11 bits per heavy atom. The van der Waals surface area contributed by atoms with Gasteiger partial charge in [0.1, 0.15) is 5.60 Å². The molecule has 0 saturated heterocycles. The van der Waals surface area contributed by atoms with Crippen LogP contribution in [0.2, 0.25) is 0 Å². The topological polar surface area (TPSA) is 101 Å². The molecule has 0 radical (unpaired) electrons. The van der Waals surface area contributed by atoms with Crippen molar-refractivity contribution in [3.63, 3.8) is 0 Å². The van der Waals surface area contributed by atoms with E-state index in [-0.39, 0.29) is 23.7 Å². The zero-order valence-electron chi connectivity index (χ0n) is 27.1. The van der Waals surface area contributed by atoms with Gasteiger partial charge in [-0.15, -0.1) is 0 Å². The predicted molar refractivity (Wildman–Crippen MR) is 175 cm³/mol. The molecule has 8 heteroatoms. The number of nitrogens with zero attached hydrogens (tertiary/aromatic N) is 2. The zero-order valence-corrected chi connectivity index (χ0v) is 27.1. The molecule has 1 aliphatic rings. The molecule has 2 N–H and O–H groups in total. The van der Waals surface area contributed by atoms with Gasteiger partial charge in [-0.25, -0.2) is 4.79 Å². The maximum atomic E-state index is 13.0. The monoisotopic (exact) mass is 598 g/mol. The summed E-state index contributed by atoms with van der Waals surface area (Å²) < 4.78 is 5.45. The molecular formula is C36H46N4O4. The Balaban J connectivity index is 1.49. The minimum absolute atomic E-state index is 0.0370. The largest absolute Gasteiger partial charge is 0.444 e. The summed E-state index contributed by atoms with van der Waals surface area (Å²) in [5, 5.41) is 6.02. The first-order valence-corrected chi connectivity index (χ1v) is 15.4. The van der Waals surface area contributed by atoms with Gasteiger partial charge in [0.2, 0.25) is 11.8 Å². The van der Waals surface area contributed by atoms with Crippen LogP contribution in [0.15, 0.2) is 66.9 Å². The summed E-state index contributed by atoms with van der Waals surface area (Å²) in [5.41, 5.74) is 3.96. The van der Waals surface area contributed by atoms with Gasteiger partial charge in [-0.3, -0.25) is 14.6 Å². The lowest BCUT2D eigenvalue weighted by Crippen LogP contribution is -2.43. The van der Waals surface area contributed by atoms with Crippen molar-refractivity contribution in [1.82, 2.24) is 15.2 Å². The normalized spacial score (nSPS) is 17.0. The smallest absolute Gasteiger partial charge is 0.408 e. The molecule has 44 heavy (non-hydrogen) atoms. The number of hydrogen-bond donors (Lipinski definition) is 2. The van der Waals surface area contributed by atoms with Crippen molar-refractivity contribution in [3.05, 3.63) is 72.4 Å². The third-order valence-electron chi connectivity index (χ3n) is 8.06. The van der Waals surface area contributed by atoms with E-state index >= 15 is 0 Å². The summed E-state index contributed by atoms with van der Waals surface area (Å²) in [6, 6.07) is 19.9. The number of benzene rings is 2. The number of alkyl carbamates (subject to hydrolysis) is 1. The van der Waals surface area contributed by atoms with E-state index in [1.165, 1.54) is 0 Å². The molecule has 0 atom stereocenters. The second kappa shape index (κ2) is 13.6. The molecule has 234 valence electrons. The maximum absolute atomic E-state index is 13.0. The van der Waals surface area contributed by atoms with Crippen molar-refractivity contribution in [2.45, 2.75) is 77.9 Å². The molecule has 0 spiro atoms. The molecule has 0 unspecified atom stereocenters. The standard InChI is InChI=1S/C36H46N4O4/c1-35(2,3)44-34(43)39-36(4,5)28-19-17-26(18-20-28)32-30(25-11-9-8-10-12-25)22-29(23-37-32)38-31(41)21-24-13-15-27(16-14-24)33(42)40(6)7/h8-12,17-20,22-24,27H,13-16,21H2,1-7H3,(H,38,41)(H,39,43). The first kappa shape index (κ1) is 32.7. The second-order valence-electron chi connectivity index (χ2n) is 13.5.